The van der Waals surface area contributed by atoms with Crippen LogP contribution in [0.15, 0.2) is 0 Å². The van der Waals surface area contributed by atoms with Crippen molar-refractivity contribution in [3.8, 4) is 0 Å². The third kappa shape index (κ3) is 4.03. The summed E-state index contributed by atoms with van der Waals surface area (Å²) >= 11 is 0. The number of carbonyl (C=O) groups excluding carboxylic acids is 1. The van der Waals surface area contributed by atoms with Gasteiger partial charge in [-0.1, -0.05) is 13.8 Å². The summed E-state index contributed by atoms with van der Waals surface area (Å²) < 4.78 is 37.8. The molecule has 0 aromatic carbocycles. The number of fused-ring (bicyclic) bond motifs is 5. The van der Waals surface area contributed by atoms with Gasteiger partial charge in [0.05, 0.1) is 12.2 Å². The molecule has 0 amide bonds. The van der Waals surface area contributed by atoms with Crippen molar-refractivity contribution >= 4 is 16.2 Å². The average Bonchev–Trinajstić information content (AvgIpc) is 2.84. The molecule has 0 spiro atoms. The van der Waals surface area contributed by atoms with E-state index in [1.54, 1.807) is 6.92 Å². The van der Waals surface area contributed by atoms with Gasteiger partial charge in [0.1, 0.15) is 5.78 Å². The fourth-order valence-corrected chi connectivity index (χ4v) is 8.73. The van der Waals surface area contributed by atoms with Gasteiger partial charge in [-0.25, -0.2) is 8.42 Å². The summed E-state index contributed by atoms with van der Waals surface area (Å²) in [5.41, 5.74) is 0.0164. The summed E-state index contributed by atoms with van der Waals surface area (Å²) in [4.78, 5) is 12.3. The molecule has 4 fully saturated rings. The smallest absolute Gasteiger partial charge is 0.726 e. The number of carbonyl (C=O) groups is 1. The van der Waals surface area contributed by atoms with Crippen LogP contribution in [0.25, 0.3) is 0 Å². The van der Waals surface area contributed by atoms with Crippen LogP contribution in [0.2, 0.25) is 0 Å². The summed E-state index contributed by atoms with van der Waals surface area (Å²) in [6.45, 7) is 6.18. The first-order valence-electron chi connectivity index (χ1n) is 10.8. The second kappa shape index (κ2) is 8.13. The molecule has 0 unspecified atom stereocenters. The minimum Gasteiger partial charge on any atom is -0.726 e. The minimum atomic E-state index is -4.65. The van der Waals surface area contributed by atoms with E-state index in [0.29, 0.717) is 36.5 Å². The van der Waals surface area contributed by atoms with Gasteiger partial charge >= 0.3 is 29.6 Å². The van der Waals surface area contributed by atoms with Crippen LogP contribution in [0, 0.1) is 40.4 Å². The number of aliphatic hydroxyl groups excluding tert-OH is 1. The molecule has 0 heterocycles. The number of ketones is 1. The molecule has 0 bridgehead atoms. The van der Waals surface area contributed by atoms with Crippen molar-refractivity contribution in [3.05, 3.63) is 0 Å². The minimum absolute atomic E-state index is 0. The molecular formula is C21H33NaO6S. The van der Waals surface area contributed by atoms with Crippen LogP contribution >= 0.6 is 0 Å². The van der Waals surface area contributed by atoms with E-state index in [2.05, 4.69) is 13.8 Å². The van der Waals surface area contributed by atoms with E-state index in [9.17, 15) is 22.9 Å². The molecule has 4 aliphatic carbocycles. The van der Waals surface area contributed by atoms with E-state index in [4.69, 9.17) is 4.18 Å². The summed E-state index contributed by atoms with van der Waals surface area (Å²) in [7, 11) is -4.65. The first kappa shape index (κ1) is 24.1. The van der Waals surface area contributed by atoms with Crippen molar-refractivity contribution in [2.24, 2.45) is 40.4 Å². The Morgan fingerprint density at radius 3 is 2.31 bits per heavy atom. The van der Waals surface area contributed by atoms with Crippen LogP contribution in [-0.2, 0) is 19.4 Å². The summed E-state index contributed by atoms with van der Waals surface area (Å²) in [6.07, 6.45) is 5.93. The van der Waals surface area contributed by atoms with Crippen molar-refractivity contribution in [3.63, 3.8) is 0 Å². The van der Waals surface area contributed by atoms with Gasteiger partial charge in [-0.3, -0.25) is 8.98 Å². The van der Waals surface area contributed by atoms with Crippen molar-refractivity contribution in [2.75, 3.05) is 0 Å². The molecule has 9 atom stereocenters. The summed E-state index contributed by atoms with van der Waals surface area (Å²) in [5, 5.41) is 10.7. The predicted octanol–water partition coefficient (Wildman–Crippen LogP) is 0.0545. The van der Waals surface area contributed by atoms with Gasteiger partial charge in [-0.15, -0.1) is 0 Å². The second-order valence-electron chi connectivity index (χ2n) is 10.5. The Morgan fingerprint density at radius 2 is 1.69 bits per heavy atom. The van der Waals surface area contributed by atoms with Gasteiger partial charge in [-0.05, 0) is 92.8 Å². The van der Waals surface area contributed by atoms with Crippen LogP contribution < -0.4 is 29.6 Å². The first-order valence-corrected chi connectivity index (χ1v) is 12.1. The average molecular weight is 437 g/mol. The van der Waals surface area contributed by atoms with E-state index < -0.39 is 22.6 Å². The third-order valence-corrected chi connectivity index (χ3v) is 9.85. The van der Waals surface area contributed by atoms with Crippen LogP contribution in [-0.4, -0.2) is 36.1 Å². The Balaban J connectivity index is 0.00000240. The van der Waals surface area contributed by atoms with Crippen molar-refractivity contribution < 1.29 is 56.6 Å². The van der Waals surface area contributed by atoms with Gasteiger partial charge in [0, 0.05) is 5.92 Å². The number of Topliss-reactive ketones (excluding diaryl/α,β-unsaturated/α-hetero) is 1. The molecule has 0 radical (unpaired) electrons. The van der Waals surface area contributed by atoms with Crippen LogP contribution in [0.1, 0.15) is 72.1 Å². The molecule has 4 saturated carbocycles. The standard InChI is InChI=1S/C21H34O6S.Na/c1-12(22)19-18(23)11-17-15-5-4-13-10-14(27-28(24,25)26)6-8-20(13,2)16(15)7-9-21(17,19)3;/h13-19,23H,4-11H2,1-3H3,(H,24,25,26);/q;+1/p-1/t13-,14-,15+,16-,17-,18+,19-,20-,21-;/m0./s1. The molecule has 4 rings (SSSR count). The third-order valence-electron chi connectivity index (χ3n) is 9.34. The Labute approximate surface area is 196 Å². The first-order chi connectivity index (χ1) is 13.0. The maximum Gasteiger partial charge on any atom is 1.00 e. The molecule has 8 heteroatoms. The molecule has 0 aromatic heterocycles. The second-order valence-corrected chi connectivity index (χ2v) is 11.5. The van der Waals surface area contributed by atoms with E-state index in [0.717, 1.165) is 38.5 Å². The van der Waals surface area contributed by atoms with Crippen LogP contribution in [0.3, 0.4) is 0 Å². The van der Waals surface area contributed by atoms with Crippen LogP contribution in [0.4, 0.5) is 0 Å². The van der Waals surface area contributed by atoms with Gasteiger partial charge < -0.3 is 9.66 Å². The van der Waals surface area contributed by atoms with E-state index in [-0.39, 0.29) is 52.1 Å². The predicted molar refractivity (Wildman–Crippen MR) is 102 cm³/mol. The molecule has 1 N–H and O–H groups in total. The van der Waals surface area contributed by atoms with E-state index in [1.165, 1.54) is 0 Å². The molecule has 160 valence electrons. The van der Waals surface area contributed by atoms with Gasteiger partial charge in [0.25, 0.3) is 0 Å². The molecule has 4 aliphatic rings. The zero-order chi connectivity index (χ0) is 20.5. The van der Waals surface area contributed by atoms with Crippen molar-refractivity contribution in [2.45, 2.75) is 84.3 Å². The van der Waals surface area contributed by atoms with E-state index in [1.807, 2.05) is 0 Å². The van der Waals surface area contributed by atoms with Gasteiger partial charge in [0.15, 0.2) is 0 Å². The summed E-state index contributed by atoms with van der Waals surface area (Å²) in [5.74, 6) is 1.67. The van der Waals surface area contributed by atoms with Gasteiger partial charge in [-0.2, -0.15) is 0 Å². The monoisotopic (exact) mass is 436 g/mol. The fourth-order valence-electron chi connectivity index (χ4n) is 8.22. The Morgan fingerprint density at radius 1 is 1.03 bits per heavy atom. The van der Waals surface area contributed by atoms with E-state index >= 15 is 0 Å². The molecule has 0 aromatic rings. The molecule has 0 aliphatic heterocycles. The molecule has 29 heavy (non-hydrogen) atoms. The number of aliphatic hydroxyl groups is 1. The Kier molecular flexibility index (Phi) is 6.77. The SMILES string of the molecule is CC(=O)[C@H]1[C@H](O)C[C@H]2[C@@H]3CC[C@H]4C[C@@H](OS(=O)(=O)[O-])CC[C@]4(C)[C@H]3CC[C@@]21C.[Na+]. The Hall–Kier alpha value is 0.500. The van der Waals surface area contributed by atoms with Crippen molar-refractivity contribution in [1.82, 2.24) is 0 Å². The molecule has 6 nitrogen and oxygen atoms in total. The normalized spacial score (nSPS) is 49.3. The number of hydrogen-bond acceptors (Lipinski definition) is 6. The summed E-state index contributed by atoms with van der Waals surface area (Å²) in [6, 6.07) is 0. The quantitative estimate of drug-likeness (QED) is 0.381. The molecular weight excluding hydrogens is 403 g/mol. The number of rotatable bonds is 3. The maximum absolute atomic E-state index is 12.3. The van der Waals surface area contributed by atoms with Gasteiger partial charge in [0.2, 0.25) is 10.4 Å². The Bertz CT molecular complexity index is 756. The maximum atomic E-state index is 12.3. The number of hydrogen-bond donors (Lipinski definition) is 1. The largest absolute Gasteiger partial charge is 1.00 e. The zero-order valence-electron chi connectivity index (χ0n) is 18.1. The fraction of sp³-hybridized carbons (Fsp3) is 0.952. The topological polar surface area (TPSA) is 104 Å². The molecule has 0 saturated heterocycles. The van der Waals surface area contributed by atoms with Crippen molar-refractivity contribution in [1.29, 1.82) is 0 Å². The zero-order valence-corrected chi connectivity index (χ0v) is 20.9. The van der Waals surface area contributed by atoms with Crippen LogP contribution in [0.5, 0.6) is 0 Å².